The van der Waals surface area contributed by atoms with E-state index in [0.717, 1.165) is 20.4 Å². The molecule has 0 fully saturated rings. The van der Waals surface area contributed by atoms with Crippen LogP contribution in [0.1, 0.15) is 32.4 Å². The molecule has 0 heterocycles. The summed E-state index contributed by atoms with van der Waals surface area (Å²) in [7, 11) is 0. The lowest BCUT2D eigenvalue weighted by Crippen LogP contribution is -2.08. The molecule has 2 aromatic carbocycles. The summed E-state index contributed by atoms with van der Waals surface area (Å²) in [5.41, 5.74) is 2.28. The van der Waals surface area contributed by atoms with Crippen LogP contribution in [0.5, 0.6) is 5.75 Å². The summed E-state index contributed by atoms with van der Waals surface area (Å²) >= 11 is 7.15. The molecule has 2 rings (SSSR count). The lowest BCUT2D eigenvalue weighted by Gasteiger charge is -2.19. The summed E-state index contributed by atoms with van der Waals surface area (Å²) < 4.78 is 7.76. The fourth-order valence-electron chi connectivity index (χ4n) is 2.04. The van der Waals surface area contributed by atoms with Gasteiger partial charge in [-0.3, -0.25) is 0 Å². The molecule has 21 heavy (non-hydrogen) atoms. The van der Waals surface area contributed by atoms with Crippen molar-refractivity contribution in [2.75, 3.05) is 5.32 Å². The first kappa shape index (κ1) is 16.4. The third-order valence-electron chi connectivity index (χ3n) is 3.08. The average molecular weight is 413 g/mol. The zero-order chi connectivity index (χ0) is 15.4. The van der Waals surface area contributed by atoms with Crippen molar-refractivity contribution >= 4 is 37.5 Å². The molecular formula is C17H19Br2NO. The monoisotopic (exact) mass is 411 g/mol. The zero-order valence-electron chi connectivity index (χ0n) is 12.4. The van der Waals surface area contributed by atoms with Gasteiger partial charge in [0.05, 0.1) is 11.8 Å². The Morgan fingerprint density at radius 1 is 0.905 bits per heavy atom. The van der Waals surface area contributed by atoms with Crippen molar-refractivity contribution in [3.63, 3.8) is 0 Å². The van der Waals surface area contributed by atoms with Crippen LogP contribution in [0, 0.1) is 0 Å². The van der Waals surface area contributed by atoms with Gasteiger partial charge in [0.25, 0.3) is 0 Å². The van der Waals surface area contributed by atoms with Gasteiger partial charge in [0.1, 0.15) is 5.75 Å². The maximum absolute atomic E-state index is 5.67. The minimum Gasteiger partial charge on any atom is -0.491 e. The molecule has 4 heteroatoms. The SMILES string of the molecule is CC(C)Oc1ccc(C(C)Nc2c(Br)cccc2Br)cc1. The molecule has 0 aromatic heterocycles. The molecule has 0 spiro atoms. The van der Waals surface area contributed by atoms with E-state index in [2.05, 4.69) is 56.2 Å². The van der Waals surface area contributed by atoms with Crippen LogP contribution in [0.15, 0.2) is 51.4 Å². The Labute approximate surface area is 143 Å². The van der Waals surface area contributed by atoms with Gasteiger partial charge < -0.3 is 10.1 Å². The van der Waals surface area contributed by atoms with E-state index < -0.39 is 0 Å². The Morgan fingerprint density at radius 3 is 2.00 bits per heavy atom. The molecule has 0 aliphatic rings. The van der Waals surface area contributed by atoms with Gasteiger partial charge >= 0.3 is 0 Å². The van der Waals surface area contributed by atoms with Crippen LogP contribution < -0.4 is 10.1 Å². The zero-order valence-corrected chi connectivity index (χ0v) is 15.5. The van der Waals surface area contributed by atoms with Crippen molar-refractivity contribution in [3.8, 4) is 5.75 Å². The highest BCUT2D eigenvalue weighted by atomic mass is 79.9. The highest BCUT2D eigenvalue weighted by molar-refractivity contribution is 9.11. The maximum atomic E-state index is 5.67. The molecule has 1 N–H and O–H groups in total. The van der Waals surface area contributed by atoms with Gasteiger partial charge in [-0.05, 0) is 82.5 Å². The van der Waals surface area contributed by atoms with Crippen molar-refractivity contribution in [2.45, 2.75) is 32.9 Å². The Hall–Kier alpha value is -1.00. The maximum Gasteiger partial charge on any atom is 0.119 e. The smallest absolute Gasteiger partial charge is 0.119 e. The van der Waals surface area contributed by atoms with Crippen LogP contribution in [-0.4, -0.2) is 6.10 Å². The Kier molecular flexibility index (Phi) is 5.71. The quantitative estimate of drug-likeness (QED) is 0.633. The van der Waals surface area contributed by atoms with Gasteiger partial charge in [-0.2, -0.15) is 0 Å². The molecule has 2 nitrogen and oxygen atoms in total. The van der Waals surface area contributed by atoms with Crippen molar-refractivity contribution < 1.29 is 4.74 Å². The van der Waals surface area contributed by atoms with Gasteiger partial charge in [-0.15, -0.1) is 0 Å². The molecule has 0 saturated carbocycles. The van der Waals surface area contributed by atoms with Gasteiger partial charge in [0, 0.05) is 15.0 Å². The van der Waals surface area contributed by atoms with Crippen LogP contribution in [0.3, 0.4) is 0 Å². The van der Waals surface area contributed by atoms with E-state index in [1.165, 1.54) is 5.56 Å². The van der Waals surface area contributed by atoms with Crippen LogP contribution in [0.2, 0.25) is 0 Å². The Balaban J connectivity index is 2.11. The fourth-order valence-corrected chi connectivity index (χ4v) is 3.27. The van der Waals surface area contributed by atoms with Crippen molar-refractivity contribution in [2.24, 2.45) is 0 Å². The summed E-state index contributed by atoms with van der Waals surface area (Å²) in [5, 5.41) is 3.52. The summed E-state index contributed by atoms with van der Waals surface area (Å²) in [6.07, 6.45) is 0.197. The van der Waals surface area contributed by atoms with E-state index in [4.69, 9.17) is 4.74 Å². The van der Waals surface area contributed by atoms with Crippen LogP contribution in [0.25, 0.3) is 0 Å². The Bertz CT molecular complexity index is 576. The van der Waals surface area contributed by atoms with Gasteiger partial charge in [-0.1, -0.05) is 18.2 Å². The van der Waals surface area contributed by atoms with E-state index in [1.807, 2.05) is 44.2 Å². The predicted molar refractivity (Wildman–Crippen MR) is 96.1 cm³/mol. The molecule has 0 bridgehead atoms. The van der Waals surface area contributed by atoms with E-state index in [1.54, 1.807) is 0 Å². The second kappa shape index (κ2) is 7.32. The van der Waals surface area contributed by atoms with E-state index in [-0.39, 0.29) is 12.1 Å². The van der Waals surface area contributed by atoms with Crippen LogP contribution >= 0.6 is 31.9 Å². The molecule has 0 aliphatic carbocycles. The van der Waals surface area contributed by atoms with E-state index >= 15 is 0 Å². The highest BCUT2D eigenvalue weighted by Crippen LogP contribution is 2.33. The number of hydrogen-bond donors (Lipinski definition) is 1. The van der Waals surface area contributed by atoms with Crippen LogP contribution in [-0.2, 0) is 0 Å². The number of nitrogens with one attached hydrogen (secondary N) is 1. The number of anilines is 1. The largest absolute Gasteiger partial charge is 0.491 e. The Morgan fingerprint density at radius 2 is 1.48 bits per heavy atom. The molecule has 0 amide bonds. The number of benzene rings is 2. The molecule has 1 unspecified atom stereocenters. The number of hydrogen-bond acceptors (Lipinski definition) is 2. The van der Waals surface area contributed by atoms with Crippen LogP contribution in [0.4, 0.5) is 5.69 Å². The lowest BCUT2D eigenvalue weighted by molar-refractivity contribution is 0.242. The first-order valence-corrected chi connectivity index (χ1v) is 8.53. The lowest BCUT2D eigenvalue weighted by atomic mass is 10.1. The molecule has 2 aromatic rings. The summed E-state index contributed by atoms with van der Waals surface area (Å²) in [6, 6.07) is 14.5. The van der Waals surface area contributed by atoms with Crippen molar-refractivity contribution in [1.82, 2.24) is 0 Å². The van der Waals surface area contributed by atoms with Crippen molar-refractivity contribution in [1.29, 1.82) is 0 Å². The van der Waals surface area contributed by atoms with E-state index in [9.17, 15) is 0 Å². The van der Waals surface area contributed by atoms with Gasteiger partial charge in [0.2, 0.25) is 0 Å². The molecule has 0 radical (unpaired) electrons. The topological polar surface area (TPSA) is 21.3 Å². The standard InChI is InChI=1S/C17H19Br2NO/c1-11(2)21-14-9-7-13(8-10-14)12(3)20-17-15(18)5-4-6-16(17)19/h4-12,20H,1-3H3. The molecule has 0 aliphatic heterocycles. The number of rotatable bonds is 5. The average Bonchev–Trinajstić information content (AvgIpc) is 2.43. The van der Waals surface area contributed by atoms with Crippen molar-refractivity contribution in [3.05, 3.63) is 57.0 Å². The fraction of sp³-hybridized carbons (Fsp3) is 0.294. The molecule has 1 atom stereocenters. The third-order valence-corrected chi connectivity index (χ3v) is 4.40. The van der Waals surface area contributed by atoms with Gasteiger partial charge in [-0.25, -0.2) is 0 Å². The summed E-state index contributed by atoms with van der Waals surface area (Å²) in [6.45, 7) is 6.20. The molecule has 112 valence electrons. The highest BCUT2D eigenvalue weighted by Gasteiger charge is 2.10. The first-order chi connectivity index (χ1) is 9.97. The number of ether oxygens (including phenoxy) is 1. The minimum absolute atomic E-state index is 0.197. The first-order valence-electron chi connectivity index (χ1n) is 6.94. The van der Waals surface area contributed by atoms with E-state index in [0.29, 0.717) is 0 Å². The normalized spacial score (nSPS) is 12.3. The summed E-state index contributed by atoms with van der Waals surface area (Å²) in [4.78, 5) is 0. The molecule has 0 saturated heterocycles. The second-order valence-corrected chi connectivity index (χ2v) is 6.91. The predicted octanol–water partition coefficient (Wildman–Crippen LogP) is 6.17. The number of para-hydroxylation sites is 1. The second-order valence-electron chi connectivity index (χ2n) is 5.20. The summed E-state index contributed by atoms with van der Waals surface area (Å²) in [5.74, 6) is 0.906. The minimum atomic E-state index is 0.197. The third kappa shape index (κ3) is 4.48. The van der Waals surface area contributed by atoms with Gasteiger partial charge in [0.15, 0.2) is 0 Å². The number of halogens is 2. The molecular weight excluding hydrogens is 394 g/mol.